The minimum atomic E-state index is 0.00889. The van der Waals surface area contributed by atoms with Gasteiger partial charge in [-0.05, 0) is 24.0 Å². The van der Waals surface area contributed by atoms with Crippen molar-refractivity contribution < 1.29 is 9.90 Å². The quantitative estimate of drug-likeness (QED) is 0.787. The van der Waals surface area contributed by atoms with Crippen molar-refractivity contribution in [2.24, 2.45) is 5.92 Å². The Morgan fingerprint density at radius 2 is 2.12 bits per heavy atom. The zero-order valence-corrected chi connectivity index (χ0v) is 9.86. The van der Waals surface area contributed by atoms with Crippen LogP contribution in [0.2, 0.25) is 0 Å². The lowest BCUT2D eigenvalue weighted by atomic mass is 10.1. The minimum Gasteiger partial charge on any atom is -0.396 e. The highest BCUT2D eigenvalue weighted by molar-refractivity contribution is 5.78. The van der Waals surface area contributed by atoms with Crippen molar-refractivity contribution in [1.29, 1.82) is 0 Å². The molecule has 0 aromatic heterocycles. The van der Waals surface area contributed by atoms with Gasteiger partial charge in [-0.2, -0.15) is 0 Å². The smallest absolute Gasteiger partial charge is 0.224 e. The van der Waals surface area contributed by atoms with E-state index in [1.54, 1.807) is 0 Å². The van der Waals surface area contributed by atoms with E-state index in [9.17, 15) is 4.79 Å². The monoisotopic (exact) mass is 221 g/mol. The number of nitrogens with one attached hydrogen (secondary N) is 1. The molecule has 0 fully saturated rings. The maximum atomic E-state index is 11.6. The largest absolute Gasteiger partial charge is 0.396 e. The first kappa shape index (κ1) is 12.7. The van der Waals surface area contributed by atoms with Crippen LogP contribution in [0.5, 0.6) is 0 Å². The second-order valence-electron chi connectivity index (χ2n) is 4.20. The van der Waals surface area contributed by atoms with Gasteiger partial charge in [-0.3, -0.25) is 4.79 Å². The summed E-state index contributed by atoms with van der Waals surface area (Å²) in [5.41, 5.74) is 2.18. The van der Waals surface area contributed by atoms with Gasteiger partial charge in [-0.25, -0.2) is 0 Å². The molecule has 88 valence electrons. The molecule has 1 atom stereocenters. The predicted molar refractivity (Wildman–Crippen MR) is 64.1 cm³/mol. The van der Waals surface area contributed by atoms with Gasteiger partial charge in [0.1, 0.15) is 0 Å². The first-order chi connectivity index (χ1) is 7.63. The Morgan fingerprint density at radius 1 is 1.44 bits per heavy atom. The topological polar surface area (TPSA) is 49.3 Å². The highest BCUT2D eigenvalue weighted by Crippen LogP contribution is 2.07. The number of aliphatic hydroxyl groups excluding tert-OH is 1. The van der Waals surface area contributed by atoms with E-state index in [-0.39, 0.29) is 18.4 Å². The molecule has 0 aliphatic carbocycles. The van der Waals surface area contributed by atoms with E-state index in [1.807, 2.05) is 38.1 Å². The molecule has 1 amide bonds. The van der Waals surface area contributed by atoms with Crippen molar-refractivity contribution in [3.63, 3.8) is 0 Å². The molecule has 1 unspecified atom stereocenters. The van der Waals surface area contributed by atoms with Crippen LogP contribution in [-0.4, -0.2) is 24.2 Å². The lowest BCUT2D eigenvalue weighted by molar-refractivity contribution is -0.120. The summed E-state index contributed by atoms with van der Waals surface area (Å²) in [6.45, 7) is 4.53. The van der Waals surface area contributed by atoms with E-state index in [4.69, 9.17) is 5.11 Å². The van der Waals surface area contributed by atoms with E-state index in [0.717, 1.165) is 11.1 Å². The first-order valence-corrected chi connectivity index (χ1v) is 5.55. The highest BCUT2D eigenvalue weighted by atomic mass is 16.3. The van der Waals surface area contributed by atoms with Crippen LogP contribution in [0, 0.1) is 12.8 Å². The number of carbonyl (C=O) groups is 1. The fraction of sp³-hybridized carbons (Fsp3) is 0.462. The van der Waals surface area contributed by atoms with E-state index in [2.05, 4.69) is 5.32 Å². The van der Waals surface area contributed by atoms with Crippen molar-refractivity contribution in [2.75, 3.05) is 13.2 Å². The third kappa shape index (κ3) is 4.03. The molecule has 1 rings (SSSR count). The van der Waals surface area contributed by atoms with Gasteiger partial charge < -0.3 is 10.4 Å². The van der Waals surface area contributed by atoms with Crippen LogP contribution in [-0.2, 0) is 11.2 Å². The number of rotatable bonds is 5. The second kappa shape index (κ2) is 6.28. The molecular formula is C13H19NO2. The summed E-state index contributed by atoms with van der Waals surface area (Å²) in [5.74, 6) is 0.121. The van der Waals surface area contributed by atoms with E-state index < -0.39 is 0 Å². The molecule has 3 nitrogen and oxygen atoms in total. The maximum Gasteiger partial charge on any atom is 0.224 e. The molecule has 2 N–H and O–H groups in total. The highest BCUT2D eigenvalue weighted by Gasteiger charge is 2.06. The summed E-state index contributed by atoms with van der Waals surface area (Å²) in [5, 5.41) is 11.6. The summed E-state index contributed by atoms with van der Waals surface area (Å²) >= 11 is 0. The SMILES string of the molecule is Cc1ccccc1CC(=O)NCC(C)CO. The van der Waals surface area contributed by atoms with E-state index in [0.29, 0.717) is 13.0 Å². The number of benzene rings is 1. The number of hydrogen-bond acceptors (Lipinski definition) is 2. The van der Waals surface area contributed by atoms with Gasteiger partial charge >= 0.3 is 0 Å². The second-order valence-corrected chi connectivity index (χ2v) is 4.20. The molecule has 3 heteroatoms. The average Bonchev–Trinajstić information content (AvgIpc) is 2.29. The Balaban J connectivity index is 2.43. The summed E-state index contributed by atoms with van der Waals surface area (Å²) in [6.07, 6.45) is 0.408. The van der Waals surface area contributed by atoms with Crippen molar-refractivity contribution in [1.82, 2.24) is 5.32 Å². The van der Waals surface area contributed by atoms with Gasteiger partial charge in [0.05, 0.1) is 6.42 Å². The molecule has 1 aromatic carbocycles. The molecule has 0 spiro atoms. The molecule has 1 aromatic rings. The van der Waals surface area contributed by atoms with Gasteiger partial charge in [-0.1, -0.05) is 31.2 Å². The Morgan fingerprint density at radius 3 is 2.75 bits per heavy atom. The normalized spacial score (nSPS) is 12.2. The van der Waals surface area contributed by atoms with Crippen LogP contribution in [0.3, 0.4) is 0 Å². The van der Waals surface area contributed by atoms with Crippen LogP contribution < -0.4 is 5.32 Å². The fourth-order valence-corrected chi connectivity index (χ4v) is 1.40. The molecule has 16 heavy (non-hydrogen) atoms. The molecule has 0 aliphatic heterocycles. The van der Waals surface area contributed by atoms with Gasteiger partial charge in [0.15, 0.2) is 0 Å². The standard InChI is InChI=1S/C13H19NO2/c1-10(9-15)8-14-13(16)7-12-6-4-3-5-11(12)2/h3-6,10,15H,7-9H2,1-2H3,(H,14,16). The molecule has 0 saturated carbocycles. The van der Waals surface area contributed by atoms with Gasteiger partial charge in [0.25, 0.3) is 0 Å². The lowest BCUT2D eigenvalue weighted by Gasteiger charge is -2.10. The third-order valence-corrected chi connectivity index (χ3v) is 2.57. The van der Waals surface area contributed by atoms with Gasteiger partial charge in [-0.15, -0.1) is 0 Å². The van der Waals surface area contributed by atoms with Crippen LogP contribution in [0.4, 0.5) is 0 Å². The summed E-state index contributed by atoms with van der Waals surface area (Å²) in [7, 11) is 0. The molecule has 0 saturated heterocycles. The Labute approximate surface area is 96.5 Å². The predicted octanol–water partition coefficient (Wildman–Crippen LogP) is 1.28. The van der Waals surface area contributed by atoms with E-state index >= 15 is 0 Å². The Kier molecular flexibility index (Phi) is 4.99. The number of aryl methyl sites for hydroxylation is 1. The molecule has 0 bridgehead atoms. The van der Waals surface area contributed by atoms with Crippen molar-refractivity contribution >= 4 is 5.91 Å². The van der Waals surface area contributed by atoms with Crippen molar-refractivity contribution in [3.8, 4) is 0 Å². The number of aliphatic hydroxyl groups is 1. The number of carbonyl (C=O) groups excluding carboxylic acids is 1. The zero-order valence-electron chi connectivity index (χ0n) is 9.86. The fourth-order valence-electron chi connectivity index (χ4n) is 1.40. The lowest BCUT2D eigenvalue weighted by Crippen LogP contribution is -2.30. The number of hydrogen-bond donors (Lipinski definition) is 2. The van der Waals surface area contributed by atoms with Gasteiger partial charge in [0.2, 0.25) is 5.91 Å². The summed E-state index contributed by atoms with van der Waals surface area (Å²) < 4.78 is 0. The van der Waals surface area contributed by atoms with E-state index in [1.165, 1.54) is 0 Å². The van der Waals surface area contributed by atoms with Crippen LogP contribution in [0.15, 0.2) is 24.3 Å². The number of amides is 1. The minimum absolute atomic E-state index is 0.00889. The molecule has 0 aliphatic rings. The van der Waals surface area contributed by atoms with Crippen LogP contribution in [0.25, 0.3) is 0 Å². The first-order valence-electron chi connectivity index (χ1n) is 5.55. The molecule has 0 heterocycles. The van der Waals surface area contributed by atoms with Gasteiger partial charge in [0, 0.05) is 13.2 Å². The van der Waals surface area contributed by atoms with Crippen LogP contribution in [0.1, 0.15) is 18.1 Å². The van der Waals surface area contributed by atoms with Crippen molar-refractivity contribution in [2.45, 2.75) is 20.3 Å². The van der Waals surface area contributed by atoms with Crippen molar-refractivity contribution in [3.05, 3.63) is 35.4 Å². The van der Waals surface area contributed by atoms with Crippen LogP contribution >= 0.6 is 0 Å². The third-order valence-electron chi connectivity index (χ3n) is 2.57. The summed E-state index contributed by atoms with van der Waals surface area (Å²) in [4.78, 5) is 11.6. The zero-order chi connectivity index (χ0) is 12.0. The molecular weight excluding hydrogens is 202 g/mol. The maximum absolute atomic E-state index is 11.6. The Bertz CT molecular complexity index is 350. The molecule has 0 radical (unpaired) electrons. The Hall–Kier alpha value is -1.35. The average molecular weight is 221 g/mol. The summed E-state index contributed by atoms with van der Waals surface area (Å²) in [6, 6.07) is 7.86.